The number of imidazole rings is 1. The van der Waals surface area contributed by atoms with Crippen molar-refractivity contribution in [3.63, 3.8) is 0 Å². The normalized spacial score (nSPS) is 12.2. The zero-order chi connectivity index (χ0) is 11.8. The second kappa shape index (κ2) is 3.87. The summed E-state index contributed by atoms with van der Waals surface area (Å²) in [4.78, 5) is 7.33. The van der Waals surface area contributed by atoms with Crippen LogP contribution in [0.2, 0.25) is 0 Å². The van der Waals surface area contributed by atoms with E-state index in [1.807, 2.05) is 19.9 Å². The van der Waals surface area contributed by atoms with Crippen molar-refractivity contribution in [2.75, 3.05) is 7.11 Å². The predicted octanol–water partition coefficient (Wildman–Crippen LogP) is 2.67. The third-order valence-corrected chi connectivity index (χ3v) is 2.66. The predicted molar refractivity (Wildman–Crippen MR) is 60.8 cm³/mol. The number of benzene rings is 1. The molecule has 2 aromatic rings. The third-order valence-electron chi connectivity index (χ3n) is 2.66. The number of nitrogens with one attached hydrogen (secondary N) is 1. The first-order chi connectivity index (χ1) is 7.52. The van der Waals surface area contributed by atoms with E-state index in [2.05, 4.69) is 9.97 Å². The Labute approximate surface area is 93.6 Å². The summed E-state index contributed by atoms with van der Waals surface area (Å²) >= 11 is 0. The highest BCUT2D eigenvalue weighted by Gasteiger charge is 2.19. The van der Waals surface area contributed by atoms with Crippen molar-refractivity contribution >= 4 is 11.0 Å². The van der Waals surface area contributed by atoms with E-state index < -0.39 is 0 Å². The first-order valence-corrected chi connectivity index (χ1v) is 5.20. The molecule has 1 heterocycles. The Hall–Kier alpha value is -1.42. The van der Waals surface area contributed by atoms with Crippen LogP contribution in [-0.4, -0.2) is 22.7 Å². The highest BCUT2D eigenvalue weighted by atomic mass is 19.1. The summed E-state index contributed by atoms with van der Waals surface area (Å²) in [5.41, 5.74) is 0.816. The Morgan fingerprint density at radius 1 is 1.44 bits per heavy atom. The van der Waals surface area contributed by atoms with Crippen LogP contribution in [0.3, 0.4) is 0 Å². The second-order valence-corrected chi connectivity index (χ2v) is 4.46. The van der Waals surface area contributed by atoms with Crippen molar-refractivity contribution in [2.24, 2.45) is 0 Å². The number of fused-ring (bicyclic) bond motifs is 1. The summed E-state index contributed by atoms with van der Waals surface area (Å²) in [5.74, 6) is 0.446. The van der Waals surface area contributed by atoms with Gasteiger partial charge in [0.2, 0.25) is 0 Å². The Morgan fingerprint density at radius 3 is 2.81 bits per heavy atom. The Morgan fingerprint density at radius 2 is 2.19 bits per heavy atom. The SMILES string of the molecule is COC(C)(C)Cc1nc2c(F)cccc2[nH]1. The van der Waals surface area contributed by atoms with Gasteiger partial charge in [0, 0.05) is 13.5 Å². The first-order valence-electron chi connectivity index (χ1n) is 5.20. The van der Waals surface area contributed by atoms with Crippen molar-refractivity contribution in [3.05, 3.63) is 29.8 Å². The average molecular weight is 222 g/mol. The summed E-state index contributed by atoms with van der Waals surface area (Å²) in [7, 11) is 1.66. The van der Waals surface area contributed by atoms with Crippen molar-refractivity contribution in [2.45, 2.75) is 25.9 Å². The molecule has 0 saturated carbocycles. The lowest BCUT2D eigenvalue weighted by molar-refractivity contribution is 0.0218. The molecular formula is C12H15FN2O. The summed E-state index contributed by atoms with van der Waals surface area (Å²) in [6.45, 7) is 3.94. The number of H-pyrrole nitrogens is 1. The lowest BCUT2D eigenvalue weighted by Crippen LogP contribution is -2.26. The minimum atomic E-state index is -0.301. The van der Waals surface area contributed by atoms with Gasteiger partial charge in [-0.3, -0.25) is 0 Å². The van der Waals surface area contributed by atoms with E-state index in [0.717, 1.165) is 11.3 Å². The zero-order valence-corrected chi connectivity index (χ0v) is 9.67. The topological polar surface area (TPSA) is 37.9 Å². The molecule has 1 N–H and O–H groups in total. The maximum atomic E-state index is 13.4. The summed E-state index contributed by atoms with van der Waals surface area (Å²) in [6, 6.07) is 4.89. The number of hydrogen-bond acceptors (Lipinski definition) is 2. The van der Waals surface area contributed by atoms with Crippen molar-refractivity contribution in [1.29, 1.82) is 0 Å². The van der Waals surface area contributed by atoms with Gasteiger partial charge >= 0.3 is 0 Å². The minimum Gasteiger partial charge on any atom is -0.378 e. The van der Waals surface area contributed by atoms with E-state index in [1.165, 1.54) is 6.07 Å². The Bertz CT molecular complexity index is 505. The van der Waals surface area contributed by atoms with Crippen LogP contribution in [0.25, 0.3) is 11.0 Å². The Kier molecular flexibility index (Phi) is 2.68. The fourth-order valence-electron chi connectivity index (χ4n) is 1.61. The quantitative estimate of drug-likeness (QED) is 0.867. The van der Waals surface area contributed by atoms with Crippen molar-refractivity contribution in [1.82, 2.24) is 9.97 Å². The highest BCUT2D eigenvalue weighted by molar-refractivity contribution is 5.75. The summed E-state index contributed by atoms with van der Waals surface area (Å²) in [6.07, 6.45) is 0.623. The number of rotatable bonds is 3. The van der Waals surface area contributed by atoms with Gasteiger partial charge in [0.15, 0.2) is 5.82 Å². The fraction of sp³-hybridized carbons (Fsp3) is 0.417. The summed E-state index contributed by atoms with van der Waals surface area (Å²) in [5, 5.41) is 0. The standard InChI is InChI=1S/C12H15FN2O/c1-12(2,16-3)7-10-14-9-6-4-5-8(13)11(9)15-10/h4-6H,7H2,1-3H3,(H,14,15). The van der Waals surface area contributed by atoms with Crippen LogP contribution < -0.4 is 0 Å². The van der Waals surface area contributed by atoms with Crippen LogP contribution in [0.5, 0.6) is 0 Å². The molecule has 16 heavy (non-hydrogen) atoms. The minimum absolute atomic E-state index is 0.296. The lowest BCUT2D eigenvalue weighted by Gasteiger charge is -2.21. The van der Waals surface area contributed by atoms with E-state index >= 15 is 0 Å². The maximum Gasteiger partial charge on any atom is 0.151 e. The number of ether oxygens (including phenoxy) is 1. The van der Waals surface area contributed by atoms with Gasteiger partial charge < -0.3 is 9.72 Å². The molecule has 0 atom stereocenters. The molecule has 0 unspecified atom stereocenters. The van der Waals surface area contributed by atoms with Crippen LogP contribution in [0.1, 0.15) is 19.7 Å². The van der Waals surface area contributed by atoms with Gasteiger partial charge in [-0.2, -0.15) is 0 Å². The molecule has 1 aromatic heterocycles. The highest BCUT2D eigenvalue weighted by Crippen LogP contribution is 2.19. The van der Waals surface area contributed by atoms with Gasteiger partial charge in [-0.25, -0.2) is 9.37 Å². The van der Waals surface area contributed by atoms with E-state index in [1.54, 1.807) is 13.2 Å². The molecule has 4 heteroatoms. The molecular weight excluding hydrogens is 207 g/mol. The van der Waals surface area contributed by atoms with Crippen LogP contribution in [-0.2, 0) is 11.2 Å². The van der Waals surface area contributed by atoms with Crippen LogP contribution in [0.15, 0.2) is 18.2 Å². The molecule has 0 saturated heterocycles. The van der Waals surface area contributed by atoms with Gasteiger partial charge in [-0.1, -0.05) is 6.07 Å². The monoisotopic (exact) mass is 222 g/mol. The van der Waals surface area contributed by atoms with Crippen LogP contribution in [0, 0.1) is 5.82 Å². The molecule has 0 amide bonds. The molecule has 0 aliphatic heterocycles. The molecule has 0 bridgehead atoms. The van der Waals surface area contributed by atoms with Gasteiger partial charge in [-0.15, -0.1) is 0 Å². The van der Waals surface area contributed by atoms with Crippen LogP contribution in [0.4, 0.5) is 4.39 Å². The number of aromatic amines is 1. The van der Waals surface area contributed by atoms with E-state index in [9.17, 15) is 4.39 Å². The number of hydrogen-bond donors (Lipinski definition) is 1. The number of para-hydroxylation sites is 1. The van der Waals surface area contributed by atoms with E-state index in [0.29, 0.717) is 11.9 Å². The van der Waals surface area contributed by atoms with Gasteiger partial charge in [0.05, 0.1) is 11.1 Å². The number of aromatic nitrogens is 2. The van der Waals surface area contributed by atoms with Gasteiger partial charge in [0.25, 0.3) is 0 Å². The molecule has 1 aromatic carbocycles. The lowest BCUT2D eigenvalue weighted by atomic mass is 10.1. The maximum absolute atomic E-state index is 13.4. The van der Waals surface area contributed by atoms with Crippen molar-refractivity contribution in [3.8, 4) is 0 Å². The van der Waals surface area contributed by atoms with Crippen molar-refractivity contribution < 1.29 is 9.13 Å². The molecule has 3 nitrogen and oxygen atoms in total. The Balaban J connectivity index is 2.37. The number of nitrogens with zero attached hydrogens (tertiary/aromatic N) is 1. The van der Waals surface area contributed by atoms with E-state index in [-0.39, 0.29) is 11.4 Å². The molecule has 0 radical (unpaired) electrons. The van der Waals surface area contributed by atoms with Gasteiger partial charge in [0.1, 0.15) is 11.3 Å². The average Bonchev–Trinajstić information content (AvgIpc) is 2.61. The van der Waals surface area contributed by atoms with Gasteiger partial charge in [-0.05, 0) is 26.0 Å². The number of halogens is 1. The molecule has 0 aliphatic carbocycles. The molecule has 0 aliphatic rings. The molecule has 0 fully saturated rings. The second-order valence-electron chi connectivity index (χ2n) is 4.46. The number of methoxy groups -OCH3 is 1. The molecule has 2 rings (SSSR count). The fourth-order valence-corrected chi connectivity index (χ4v) is 1.61. The molecule has 0 spiro atoms. The first kappa shape index (κ1) is 11.1. The van der Waals surface area contributed by atoms with E-state index in [4.69, 9.17) is 4.74 Å². The zero-order valence-electron chi connectivity index (χ0n) is 9.67. The largest absolute Gasteiger partial charge is 0.378 e. The molecule has 86 valence electrons. The smallest absolute Gasteiger partial charge is 0.151 e. The summed E-state index contributed by atoms with van der Waals surface area (Å²) < 4.78 is 18.7. The third kappa shape index (κ3) is 2.07. The van der Waals surface area contributed by atoms with Crippen LogP contribution >= 0.6 is 0 Å².